The second-order valence-electron chi connectivity index (χ2n) is 15.2. The highest BCUT2D eigenvalue weighted by Gasteiger charge is 2.26. The number of carboxylic acids is 1. The van der Waals surface area contributed by atoms with E-state index in [-0.39, 0.29) is 11.7 Å². The van der Waals surface area contributed by atoms with Gasteiger partial charge in [0.05, 0.1) is 17.0 Å². The molecule has 2 aliphatic rings. The van der Waals surface area contributed by atoms with Crippen LogP contribution in [0.1, 0.15) is 66.3 Å². The van der Waals surface area contributed by atoms with E-state index in [1.165, 1.54) is 0 Å². The third-order valence-electron chi connectivity index (χ3n) is 11.2. The maximum absolute atomic E-state index is 14.1. The van der Waals surface area contributed by atoms with Crippen molar-refractivity contribution in [2.45, 2.75) is 59.5 Å². The quantitative estimate of drug-likeness (QED) is 0.138. The Labute approximate surface area is 323 Å². The minimum Gasteiger partial charge on any atom is -0.481 e. The lowest BCUT2D eigenvalue weighted by molar-refractivity contribution is -0.143. The predicted molar refractivity (Wildman–Crippen MR) is 209 cm³/mol. The molecule has 2 aliphatic heterocycles. The Morgan fingerprint density at radius 2 is 1.62 bits per heavy atom. The van der Waals surface area contributed by atoms with E-state index in [0.717, 1.165) is 58.5 Å². The molecule has 286 valence electrons. The summed E-state index contributed by atoms with van der Waals surface area (Å²) in [4.78, 5) is 33.9. The Balaban J connectivity index is 1.08. The van der Waals surface area contributed by atoms with E-state index in [1.54, 1.807) is 6.20 Å². The largest absolute Gasteiger partial charge is 0.481 e. The zero-order valence-corrected chi connectivity index (χ0v) is 31.5. The number of aliphatic carboxylic acids is 1. The highest BCUT2D eigenvalue weighted by molar-refractivity contribution is 5.90. The van der Waals surface area contributed by atoms with Gasteiger partial charge in [0.1, 0.15) is 17.1 Å². The van der Waals surface area contributed by atoms with Crippen molar-refractivity contribution in [1.29, 1.82) is 5.26 Å². The number of likely N-dealkylation sites (tertiary alicyclic amines) is 2. The van der Waals surface area contributed by atoms with Crippen LogP contribution in [0.4, 0.5) is 20.3 Å². The summed E-state index contributed by atoms with van der Waals surface area (Å²) in [6.07, 6.45) is 1.25. The van der Waals surface area contributed by atoms with Crippen LogP contribution >= 0.6 is 0 Å². The molecule has 0 saturated carbocycles. The van der Waals surface area contributed by atoms with Crippen LogP contribution in [0, 0.1) is 37.0 Å². The van der Waals surface area contributed by atoms with E-state index in [2.05, 4.69) is 43.1 Å². The molecule has 13 heteroatoms. The van der Waals surface area contributed by atoms with Crippen molar-refractivity contribution in [3.05, 3.63) is 94.4 Å². The molecule has 0 spiro atoms. The van der Waals surface area contributed by atoms with E-state index in [9.17, 15) is 23.9 Å². The van der Waals surface area contributed by atoms with Gasteiger partial charge in [-0.15, -0.1) is 0 Å². The molecule has 0 radical (unpaired) electrons. The summed E-state index contributed by atoms with van der Waals surface area (Å²) < 4.78 is 34.5. The fourth-order valence-electron chi connectivity index (χ4n) is 8.10. The van der Waals surface area contributed by atoms with Crippen molar-refractivity contribution in [2.75, 3.05) is 31.5 Å². The molecule has 8 rings (SSSR count). The number of alkyl halides is 2. The molecule has 56 heavy (non-hydrogen) atoms. The average molecular weight is 757 g/mol. The molecule has 2 N–H and O–H groups in total. The van der Waals surface area contributed by atoms with Gasteiger partial charge in [0, 0.05) is 37.1 Å². The maximum Gasteiger partial charge on any atom is 0.306 e. The zero-order chi connectivity index (χ0) is 39.1. The topological polar surface area (TPSA) is 144 Å². The van der Waals surface area contributed by atoms with Crippen molar-refractivity contribution < 1.29 is 23.1 Å². The van der Waals surface area contributed by atoms with E-state index < -0.39 is 18.2 Å². The van der Waals surface area contributed by atoms with Crippen LogP contribution in [-0.4, -0.2) is 67.0 Å². The van der Waals surface area contributed by atoms with Gasteiger partial charge in [-0.3, -0.25) is 19.6 Å². The van der Waals surface area contributed by atoms with Crippen LogP contribution in [0.15, 0.2) is 65.2 Å². The molecule has 5 heterocycles. The molecule has 2 saturated heterocycles. The Hall–Kier alpha value is -5.84. The minimum absolute atomic E-state index is 0.209. The predicted octanol–water partition coefficient (Wildman–Crippen LogP) is 8.81. The number of anilines is 2. The Bertz CT molecular complexity index is 2510. The van der Waals surface area contributed by atoms with Crippen molar-refractivity contribution in [1.82, 2.24) is 29.7 Å². The van der Waals surface area contributed by atoms with Crippen LogP contribution in [0.2, 0.25) is 0 Å². The summed E-state index contributed by atoms with van der Waals surface area (Å²) in [5.74, 6) is -0.401. The Morgan fingerprint density at radius 3 is 2.34 bits per heavy atom. The minimum atomic E-state index is -2.85. The van der Waals surface area contributed by atoms with Gasteiger partial charge in [0.25, 0.3) is 6.43 Å². The number of piperidine rings is 1. The van der Waals surface area contributed by atoms with Crippen LogP contribution in [0.25, 0.3) is 44.7 Å². The second kappa shape index (κ2) is 15.4. The molecule has 1 atom stereocenters. The number of carbonyl (C=O) groups is 1. The standard InChI is InChI=1S/C43H42F2N8O3/c1-24-10-13-53(21-24)23-28-18-35-37(47-20-28)40(51-41(49-35)39(44)45)48-34-9-5-7-32(26(34)3)31-6-4-8-33(25(31)2)42-50-36-17-27(16-30(19-46)38(36)56-42)22-52-14-11-29(12-15-52)43(54)55/h4-9,16-18,20,24,29,39H,10-15,21-23H2,1-3H3,(H,54,55)(H,48,49,51). The van der Waals surface area contributed by atoms with Gasteiger partial charge >= 0.3 is 5.97 Å². The lowest BCUT2D eigenvalue weighted by Gasteiger charge is -2.30. The summed E-state index contributed by atoms with van der Waals surface area (Å²) in [5.41, 5.74) is 9.07. The fourth-order valence-corrected chi connectivity index (χ4v) is 8.10. The number of pyridine rings is 1. The molecular weight excluding hydrogens is 715 g/mol. The first-order valence-electron chi connectivity index (χ1n) is 19.0. The Morgan fingerprint density at radius 1 is 0.929 bits per heavy atom. The van der Waals surface area contributed by atoms with Gasteiger partial charge in [-0.25, -0.2) is 23.7 Å². The number of nitrogens with zero attached hydrogens (tertiary/aromatic N) is 7. The third kappa shape index (κ3) is 7.42. The summed E-state index contributed by atoms with van der Waals surface area (Å²) in [7, 11) is 0. The number of halogens is 2. The van der Waals surface area contributed by atoms with Crippen molar-refractivity contribution in [3.8, 4) is 28.7 Å². The SMILES string of the molecule is Cc1c(Nc2nc(C(F)F)nc3cc(CN4CCC(C)C4)cnc23)cccc1-c1cccc(-c2nc3cc(CN4CCC(C(=O)O)CC4)cc(C#N)c3o2)c1C. The van der Waals surface area contributed by atoms with E-state index >= 15 is 0 Å². The maximum atomic E-state index is 14.1. The van der Waals surface area contributed by atoms with Crippen LogP contribution in [-0.2, 0) is 17.9 Å². The smallest absolute Gasteiger partial charge is 0.306 e. The van der Waals surface area contributed by atoms with Crippen LogP contribution in [0.3, 0.4) is 0 Å². The fraction of sp³-hybridized carbons (Fsp3) is 0.349. The van der Waals surface area contributed by atoms with Crippen LogP contribution < -0.4 is 5.32 Å². The molecular formula is C43H42F2N8O3. The summed E-state index contributed by atoms with van der Waals surface area (Å²) >= 11 is 0. The third-order valence-corrected chi connectivity index (χ3v) is 11.2. The summed E-state index contributed by atoms with van der Waals surface area (Å²) in [6.45, 7) is 10.8. The normalized spacial score (nSPS) is 16.9. The number of nitriles is 1. The first-order chi connectivity index (χ1) is 27.0. The molecule has 3 aromatic carbocycles. The summed E-state index contributed by atoms with van der Waals surface area (Å²) in [6, 6.07) is 19.5. The van der Waals surface area contributed by atoms with Crippen molar-refractivity contribution in [2.24, 2.45) is 11.8 Å². The van der Waals surface area contributed by atoms with Gasteiger partial charge in [0.2, 0.25) is 5.89 Å². The molecule has 6 aromatic rings. The lowest BCUT2D eigenvalue weighted by Crippen LogP contribution is -2.35. The van der Waals surface area contributed by atoms with E-state index in [0.29, 0.717) is 84.2 Å². The molecule has 2 fully saturated rings. The molecule has 0 amide bonds. The number of fused-ring (bicyclic) bond motifs is 2. The monoisotopic (exact) mass is 756 g/mol. The second-order valence-corrected chi connectivity index (χ2v) is 15.2. The number of nitrogens with one attached hydrogen (secondary N) is 1. The van der Waals surface area contributed by atoms with E-state index in [1.807, 2.05) is 68.4 Å². The molecule has 11 nitrogen and oxygen atoms in total. The molecule has 0 bridgehead atoms. The van der Waals surface area contributed by atoms with Gasteiger partial charge < -0.3 is 14.8 Å². The number of hydrogen-bond acceptors (Lipinski definition) is 10. The first kappa shape index (κ1) is 37.1. The Kier molecular flexibility index (Phi) is 10.2. The first-order valence-corrected chi connectivity index (χ1v) is 19.0. The zero-order valence-electron chi connectivity index (χ0n) is 31.5. The number of hydrogen-bond donors (Lipinski definition) is 2. The van der Waals surface area contributed by atoms with Gasteiger partial charge in [-0.1, -0.05) is 31.2 Å². The number of carboxylic acid groups (broad SMARTS) is 1. The number of aromatic nitrogens is 4. The van der Waals surface area contributed by atoms with E-state index in [4.69, 9.17) is 9.40 Å². The highest BCUT2D eigenvalue weighted by Crippen LogP contribution is 2.38. The van der Waals surface area contributed by atoms with Crippen molar-refractivity contribution >= 4 is 39.6 Å². The van der Waals surface area contributed by atoms with Gasteiger partial charge in [0.15, 0.2) is 17.2 Å². The molecule has 3 aromatic heterocycles. The summed E-state index contributed by atoms with van der Waals surface area (Å²) in [5, 5.41) is 22.7. The van der Waals surface area contributed by atoms with Crippen LogP contribution in [0.5, 0.6) is 0 Å². The number of rotatable bonds is 10. The number of benzene rings is 3. The molecule has 0 aliphatic carbocycles. The molecule has 1 unspecified atom stereocenters. The van der Waals surface area contributed by atoms with Gasteiger partial charge in [-0.05, 0) is 122 Å². The average Bonchev–Trinajstić information content (AvgIpc) is 3.81. The van der Waals surface area contributed by atoms with Crippen molar-refractivity contribution in [3.63, 3.8) is 0 Å². The lowest BCUT2D eigenvalue weighted by atomic mass is 9.93. The van der Waals surface area contributed by atoms with Gasteiger partial charge in [-0.2, -0.15) is 5.26 Å². The highest BCUT2D eigenvalue weighted by atomic mass is 19.3. The number of oxazole rings is 1.